The first-order valence-electron chi connectivity index (χ1n) is 4.16. The zero-order chi connectivity index (χ0) is 10.1. The molecule has 0 aromatic heterocycles. The number of halogens is 1. The minimum absolute atomic E-state index is 0.444. The molecule has 0 spiro atoms. The molecule has 0 aliphatic carbocycles. The van der Waals surface area contributed by atoms with Crippen molar-refractivity contribution in [2.75, 3.05) is 5.73 Å². The Kier molecular flexibility index (Phi) is 2.14. The molecule has 0 aliphatic rings. The molecule has 0 atom stereocenters. The number of hydrogen-bond acceptors (Lipinski definition) is 2. The largest absolute Gasteiger partial charge is 0.399 e. The number of carbonyl (C=O) groups is 1. The number of nitrogen functional groups attached to an aromatic ring is 1. The van der Waals surface area contributed by atoms with E-state index < -0.39 is 5.24 Å². The van der Waals surface area contributed by atoms with E-state index in [4.69, 9.17) is 17.3 Å². The van der Waals surface area contributed by atoms with E-state index in [1.54, 1.807) is 24.3 Å². The van der Waals surface area contributed by atoms with E-state index in [1.165, 1.54) is 0 Å². The van der Waals surface area contributed by atoms with E-state index in [0.717, 1.165) is 10.8 Å². The van der Waals surface area contributed by atoms with E-state index in [9.17, 15) is 4.79 Å². The Bertz CT molecular complexity index is 508. The van der Waals surface area contributed by atoms with Gasteiger partial charge in [0.1, 0.15) is 0 Å². The molecule has 0 saturated heterocycles. The molecule has 3 heteroatoms. The number of fused-ring (bicyclic) bond motifs is 1. The van der Waals surface area contributed by atoms with E-state index in [-0.39, 0.29) is 0 Å². The van der Waals surface area contributed by atoms with Crippen LogP contribution in [0.3, 0.4) is 0 Å². The van der Waals surface area contributed by atoms with Gasteiger partial charge in [0.25, 0.3) is 5.24 Å². The van der Waals surface area contributed by atoms with Crippen molar-refractivity contribution in [1.29, 1.82) is 0 Å². The van der Waals surface area contributed by atoms with Crippen LogP contribution in [0.2, 0.25) is 0 Å². The lowest BCUT2D eigenvalue weighted by molar-refractivity contribution is 0.108. The number of nitrogens with two attached hydrogens (primary N) is 1. The maximum absolute atomic E-state index is 11.1. The van der Waals surface area contributed by atoms with Gasteiger partial charge in [-0.1, -0.05) is 18.2 Å². The second kappa shape index (κ2) is 3.31. The fourth-order valence-electron chi connectivity index (χ4n) is 1.47. The predicted octanol–water partition coefficient (Wildman–Crippen LogP) is 2.80. The van der Waals surface area contributed by atoms with Gasteiger partial charge in [-0.3, -0.25) is 4.79 Å². The molecule has 0 unspecified atom stereocenters. The first-order valence-corrected chi connectivity index (χ1v) is 4.54. The van der Waals surface area contributed by atoms with Crippen molar-refractivity contribution < 1.29 is 4.79 Å². The van der Waals surface area contributed by atoms with Crippen LogP contribution in [-0.2, 0) is 0 Å². The number of benzene rings is 2. The van der Waals surface area contributed by atoms with Gasteiger partial charge in [0.05, 0.1) is 0 Å². The molecule has 0 bridgehead atoms. The quantitative estimate of drug-likeness (QED) is 0.575. The molecule has 2 aromatic rings. The molecule has 0 amide bonds. The fraction of sp³-hybridized carbons (Fsp3) is 0. The number of anilines is 1. The van der Waals surface area contributed by atoms with E-state index in [0.29, 0.717) is 11.3 Å². The van der Waals surface area contributed by atoms with Crippen molar-refractivity contribution >= 4 is 33.3 Å². The number of rotatable bonds is 1. The van der Waals surface area contributed by atoms with Gasteiger partial charge in [0, 0.05) is 11.3 Å². The Labute approximate surface area is 86.3 Å². The highest BCUT2D eigenvalue weighted by Crippen LogP contribution is 2.22. The molecular weight excluding hydrogens is 198 g/mol. The molecule has 2 rings (SSSR count). The van der Waals surface area contributed by atoms with Gasteiger partial charge in [-0.2, -0.15) is 0 Å². The first-order chi connectivity index (χ1) is 6.68. The molecule has 0 fully saturated rings. The molecule has 2 N–H and O–H groups in total. The third kappa shape index (κ3) is 1.44. The average molecular weight is 206 g/mol. The summed E-state index contributed by atoms with van der Waals surface area (Å²) >= 11 is 5.45. The summed E-state index contributed by atoms with van der Waals surface area (Å²) in [5.74, 6) is 0. The highest BCUT2D eigenvalue weighted by Gasteiger charge is 2.06. The average Bonchev–Trinajstić information content (AvgIpc) is 2.16. The second-order valence-corrected chi connectivity index (χ2v) is 3.40. The third-order valence-corrected chi connectivity index (χ3v) is 2.32. The van der Waals surface area contributed by atoms with Gasteiger partial charge < -0.3 is 5.73 Å². The summed E-state index contributed by atoms with van der Waals surface area (Å²) in [6.45, 7) is 0. The predicted molar refractivity (Wildman–Crippen MR) is 58.5 cm³/mol. The first kappa shape index (κ1) is 9.03. The molecule has 14 heavy (non-hydrogen) atoms. The molecule has 0 aliphatic heterocycles. The lowest BCUT2D eigenvalue weighted by atomic mass is 10.0. The van der Waals surface area contributed by atoms with Crippen molar-refractivity contribution in [3.8, 4) is 0 Å². The molecule has 2 nitrogen and oxygen atoms in total. The lowest BCUT2D eigenvalue weighted by Gasteiger charge is -2.02. The number of hydrogen-bond donors (Lipinski definition) is 1. The van der Waals surface area contributed by atoms with Crippen molar-refractivity contribution in [3.63, 3.8) is 0 Å². The summed E-state index contributed by atoms with van der Waals surface area (Å²) in [6, 6.07) is 10.8. The van der Waals surface area contributed by atoms with Gasteiger partial charge >= 0.3 is 0 Å². The Balaban J connectivity index is 2.81. The molecule has 0 radical (unpaired) electrons. The van der Waals surface area contributed by atoms with Crippen molar-refractivity contribution in [3.05, 3.63) is 42.0 Å². The van der Waals surface area contributed by atoms with E-state index in [1.807, 2.05) is 12.1 Å². The molecule has 0 heterocycles. The van der Waals surface area contributed by atoms with Gasteiger partial charge in [-0.05, 0) is 40.6 Å². The number of carbonyl (C=O) groups excluding carboxylic acids is 1. The van der Waals surface area contributed by atoms with Crippen LogP contribution in [0.5, 0.6) is 0 Å². The summed E-state index contributed by atoms with van der Waals surface area (Å²) < 4.78 is 0. The van der Waals surface area contributed by atoms with E-state index in [2.05, 4.69) is 0 Å². The van der Waals surface area contributed by atoms with Crippen LogP contribution in [0.4, 0.5) is 5.69 Å². The Morgan fingerprint density at radius 3 is 2.71 bits per heavy atom. The van der Waals surface area contributed by atoms with Crippen LogP contribution in [0.1, 0.15) is 10.4 Å². The second-order valence-electron chi connectivity index (χ2n) is 3.06. The molecule has 0 saturated carbocycles. The highest BCUT2D eigenvalue weighted by molar-refractivity contribution is 6.68. The van der Waals surface area contributed by atoms with Crippen LogP contribution >= 0.6 is 11.6 Å². The molecule has 70 valence electrons. The standard InChI is InChI=1S/C11H8ClNO/c12-11(14)10-3-1-2-7-6-8(13)4-5-9(7)10/h1-6H,13H2. The molecule has 2 aromatic carbocycles. The Hall–Kier alpha value is -1.54. The third-order valence-electron chi connectivity index (χ3n) is 2.12. The van der Waals surface area contributed by atoms with Crippen LogP contribution in [0.25, 0.3) is 10.8 Å². The summed E-state index contributed by atoms with van der Waals surface area (Å²) in [5, 5.41) is 1.32. The highest BCUT2D eigenvalue weighted by atomic mass is 35.5. The minimum Gasteiger partial charge on any atom is -0.399 e. The van der Waals surface area contributed by atoms with Crippen LogP contribution in [0, 0.1) is 0 Å². The van der Waals surface area contributed by atoms with Crippen molar-refractivity contribution in [2.45, 2.75) is 0 Å². The normalized spacial score (nSPS) is 10.4. The Morgan fingerprint density at radius 2 is 2.00 bits per heavy atom. The topological polar surface area (TPSA) is 43.1 Å². The van der Waals surface area contributed by atoms with Crippen LogP contribution in [-0.4, -0.2) is 5.24 Å². The van der Waals surface area contributed by atoms with E-state index >= 15 is 0 Å². The van der Waals surface area contributed by atoms with Crippen molar-refractivity contribution in [2.24, 2.45) is 0 Å². The minimum atomic E-state index is -0.444. The summed E-state index contributed by atoms with van der Waals surface area (Å²) in [4.78, 5) is 11.1. The summed E-state index contributed by atoms with van der Waals surface area (Å²) in [5.41, 5.74) is 6.83. The van der Waals surface area contributed by atoms with Gasteiger partial charge in [0.2, 0.25) is 0 Å². The van der Waals surface area contributed by atoms with Gasteiger partial charge in [-0.15, -0.1) is 0 Å². The maximum atomic E-state index is 11.1. The summed E-state index contributed by atoms with van der Waals surface area (Å²) in [6.07, 6.45) is 0. The monoisotopic (exact) mass is 205 g/mol. The smallest absolute Gasteiger partial charge is 0.253 e. The van der Waals surface area contributed by atoms with Gasteiger partial charge in [-0.25, -0.2) is 0 Å². The van der Waals surface area contributed by atoms with Crippen molar-refractivity contribution in [1.82, 2.24) is 0 Å². The zero-order valence-corrected chi connectivity index (χ0v) is 8.08. The SMILES string of the molecule is Nc1ccc2c(C(=O)Cl)cccc2c1. The zero-order valence-electron chi connectivity index (χ0n) is 7.33. The lowest BCUT2D eigenvalue weighted by Crippen LogP contribution is -1.91. The molecular formula is C11H8ClNO. The maximum Gasteiger partial charge on any atom is 0.253 e. The van der Waals surface area contributed by atoms with Crippen LogP contribution in [0.15, 0.2) is 36.4 Å². The summed E-state index contributed by atoms with van der Waals surface area (Å²) in [7, 11) is 0. The Morgan fingerprint density at radius 1 is 1.21 bits per heavy atom. The van der Waals surface area contributed by atoms with Gasteiger partial charge in [0.15, 0.2) is 0 Å². The van der Waals surface area contributed by atoms with Crippen LogP contribution < -0.4 is 5.73 Å². The fourth-order valence-corrected chi connectivity index (χ4v) is 1.64.